The van der Waals surface area contributed by atoms with Crippen LogP contribution in [-0.2, 0) is 6.16 Å². The standard InChI is InChI=1S/C25H22P.C7H7ClO/c1-5-13-22(14-6-1)21-26(23-15-7-2-8-16-23,24-17-9-3-10-18-24)25-19-11-4-12-20-25;1-5-4-6(9)2-3-7(5)8/h1-20H,21H2;2-4,9H,1H3/q+1;/p-1. The molecule has 0 aliphatic heterocycles. The summed E-state index contributed by atoms with van der Waals surface area (Å²) in [6, 6.07) is 48.6. The Labute approximate surface area is 214 Å². The number of benzene rings is 5. The molecule has 3 heteroatoms. The van der Waals surface area contributed by atoms with E-state index in [2.05, 4.69) is 121 Å². The van der Waals surface area contributed by atoms with Gasteiger partial charge in [-0.2, -0.15) is 0 Å². The van der Waals surface area contributed by atoms with Crippen molar-refractivity contribution in [1.82, 2.24) is 0 Å². The van der Waals surface area contributed by atoms with Gasteiger partial charge >= 0.3 is 0 Å². The highest BCUT2D eigenvalue weighted by atomic mass is 35.5. The van der Waals surface area contributed by atoms with Crippen molar-refractivity contribution >= 4 is 34.8 Å². The molecule has 0 radical (unpaired) electrons. The molecule has 0 amide bonds. The van der Waals surface area contributed by atoms with E-state index in [1.165, 1.54) is 33.6 Å². The lowest BCUT2D eigenvalue weighted by Crippen LogP contribution is -2.32. The average Bonchev–Trinajstić information content (AvgIpc) is 2.92. The lowest BCUT2D eigenvalue weighted by Gasteiger charge is -2.27. The van der Waals surface area contributed by atoms with Crippen molar-refractivity contribution in [2.24, 2.45) is 0 Å². The van der Waals surface area contributed by atoms with Crippen LogP contribution in [0.25, 0.3) is 0 Å². The molecule has 5 aromatic carbocycles. The molecular weight excluding hydrogens is 467 g/mol. The van der Waals surface area contributed by atoms with Gasteiger partial charge in [-0.15, -0.1) is 5.75 Å². The van der Waals surface area contributed by atoms with Crippen LogP contribution in [0.3, 0.4) is 0 Å². The van der Waals surface area contributed by atoms with Crippen molar-refractivity contribution in [1.29, 1.82) is 0 Å². The van der Waals surface area contributed by atoms with E-state index < -0.39 is 7.26 Å². The maximum Gasteiger partial charge on any atom is 0.116 e. The van der Waals surface area contributed by atoms with Gasteiger partial charge in [0.25, 0.3) is 0 Å². The summed E-state index contributed by atoms with van der Waals surface area (Å²) in [6.45, 7) is 1.81. The summed E-state index contributed by atoms with van der Waals surface area (Å²) in [5.74, 6) is 0.0110. The second kappa shape index (κ2) is 11.8. The number of rotatable bonds is 5. The van der Waals surface area contributed by atoms with Gasteiger partial charge in [0.05, 0.1) is 6.16 Å². The number of aryl methyl sites for hydroxylation is 1. The average molecular weight is 495 g/mol. The molecule has 0 atom stereocenters. The van der Waals surface area contributed by atoms with Gasteiger partial charge in [0.15, 0.2) is 0 Å². The normalized spacial score (nSPS) is 10.8. The summed E-state index contributed by atoms with van der Waals surface area (Å²) in [5.41, 5.74) is 2.22. The SMILES string of the molecule is Cc1cc([O-])ccc1Cl.c1ccc(C[P+](c2ccccc2)(c2ccccc2)c2ccccc2)cc1. The molecule has 0 heterocycles. The molecule has 5 rings (SSSR count). The molecule has 0 fully saturated rings. The summed E-state index contributed by atoms with van der Waals surface area (Å²) in [6.07, 6.45) is 1.03. The molecule has 0 bridgehead atoms. The highest BCUT2D eigenvalue weighted by Crippen LogP contribution is 2.58. The summed E-state index contributed by atoms with van der Waals surface area (Å²) >= 11 is 5.64. The van der Waals surface area contributed by atoms with Gasteiger partial charge in [-0.25, -0.2) is 0 Å². The molecule has 0 saturated heterocycles. The maximum atomic E-state index is 10.6. The van der Waals surface area contributed by atoms with Crippen LogP contribution in [0, 0.1) is 6.92 Å². The van der Waals surface area contributed by atoms with Crippen LogP contribution in [0.2, 0.25) is 5.02 Å². The van der Waals surface area contributed by atoms with Crippen LogP contribution >= 0.6 is 18.9 Å². The highest BCUT2D eigenvalue weighted by molar-refractivity contribution is 7.95. The summed E-state index contributed by atoms with van der Waals surface area (Å²) in [5, 5.41) is 15.5. The van der Waals surface area contributed by atoms with E-state index in [-0.39, 0.29) is 5.75 Å². The predicted octanol–water partition coefficient (Wildman–Crippen LogP) is 6.90. The minimum Gasteiger partial charge on any atom is -0.872 e. The van der Waals surface area contributed by atoms with Gasteiger partial charge in [0.2, 0.25) is 0 Å². The smallest absolute Gasteiger partial charge is 0.116 e. The second-order valence-electron chi connectivity index (χ2n) is 8.37. The van der Waals surface area contributed by atoms with Crippen LogP contribution in [0.15, 0.2) is 140 Å². The largest absolute Gasteiger partial charge is 0.872 e. The maximum absolute atomic E-state index is 10.6. The van der Waals surface area contributed by atoms with Crippen LogP contribution in [0.4, 0.5) is 0 Å². The van der Waals surface area contributed by atoms with Gasteiger partial charge in [-0.05, 0) is 60.5 Å². The minimum atomic E-state index is -1.78. The Morgan fingerprint density at radius 3 is 1.34 bits per heavy atom. The van der Waals surface area contributed by atoms with E-state index in [9.17, 15) is 5.11 Å². The fourth-order valence-corrected chi connectivity index (χ4v) is 8.60. The first-order chi connectivity index (χ1) is 17.1. The Kier molecular flexibility index (Phi) is 8.37. The van der Waals surface area contributed by atoms with Crippen LogP contribution < -0.4 is 21.0 Å². The first kappa shape index (κ1) is 24.7. The first-order valence-electron chi connectivity index (χ1n) is 11.6. The monoisotopic (exact) mass is 494 g/mol. The molecule has 35 heavy (non-hydrogen) atoms. The third-order valence-corrected chi connectivity index (χ3v) is 10.8. The topological polar surface area (TPSA) is 23.1 Å². The molecule has 174 valence electrons. The molecule has 0 aliphatic rings. The number of halogens is 1. The lowest BCUT2D eigenvalue weighted by molar-refractivity contribution is -0.268. The summed E-state index contributed by atoms with van der Waals surface area (Å²) in [7, 11) is -1.78. The third-order valence-electron chi connectivity index (χ3n) is 5.98. The van der Waals surface area contributed by atoms with Crippen LogP contribution in [0.5, 0.6) is 5.75 Å². The molecule has 0 unspecified atom stereocenters. The summed E-state index contributed by atoms with van der Waals surface area (Å²) < 4.78 is 0. The first-order valence-corrected chi connectivity index (χ1v) is 14.0. The van der Waals surface area contributed by atoms with E-state index in [1.807, 2.05) is 6.92 Å². The van der Waals surface area contributed by atoms with Gasteiger partial charge in [0, 0.05) is 5.02 Å². The fourth-order valence-electron chi connectivity index (χ4n) is 4.24. The van der Waals surface area contributed by atoms with Crippen molar-refractivity contribution in [3.05, 3.63) is 156 Å². The predicted molar refractivity (Wildman–Crippen MR) is 151 cm³/mol. The van der Waals surface area contributed by atoms with Gasteiger partial charge in [-0.3, -0.25) is 0 Å². The number of hydrogen-bond acceptors (Lipinski definition) is 1. The van der Waals surface area contributed by atoms with Crippen molar-refractivity contribution in [3.63, 3.8) is 0 Å². The Hall–Kier alpha value is -3.38. The Bertz CT molecular complexity index is 1230. The van der Waals surface area contributed by atoms with Crippen LogP contribution in [0.1, 0.15) is 11.1 Å². The highest BCUT2D eigenvalue weighted by Gasteiger charge is 2.45. The van der Waals surface area contributed by atoms with Gasteiger partial charge < -0.3 is 5.11 Å². The Balaban J connectivity index is 0.000000271. The van der Waals surface area contributed by atoms with Gasteiger partial charge in [-0.1, -0.05) is 109 Å². The van der Waals surface area contributed by atoms with Gasteiger partial charge in [0.1, 0.15) is 23.2 Å². The summed E-state index contributed by atoms with van der Waals surface area (Å²) in [4.78, 5) is 0. The van der Waals surface area contributed by atoms with Crippen molar-refractivity contribution in [2.45, 2.75) is 13.1 Å². The lowest BCUT2D eigenvalue weighted by atomic mass is 10.2. The molecule has 0 aromatic heterocycles. The molecule has 0 saturated carbocycles. The van der Waals surface area contributed by atoms with E-state index >= 15 is 0 Å². The van der Waals surface area contributed by atoms with Crippen molar-refractivity contribution < 1.29 is 5.11 Å². The molecular formula is C32H28ClOP. The quantitative estimate of drug-likeness (QED) is 0.244. The third kappa shape index (κ3) is 6.01. The Morgan fingerprint density at radius 2 is 0.971 bits per heavy atom. The second-order valence-corrected chi connectivity index (χ2v) is 12.3. The van der Waals surface area contributed by atoms with Crippen molar-refractivity contribution in [3.8, 4) is 5.75 Å². The molecule has 5 aromatic rings. The van der Waals surface area contributed by atoms with E-state index in [4.69, 9.17) is 11.6 Å². The minimum absolute atomic E-state index is 0.0110. The van der Waals surface area contributed by atoms with Crippen molar-refractivity contribution in [2.75, 3.05) is 0 Å². The van der Waals surface area contributed by atoms with E-state index in [1.54, 1.807) is 6.07 Å². The van der Waals surface area contributed by atoms with E-state index in [0.29, 0.717) is 5.02 Å². The molecule has 0 aliphatic carbocycles. The zero-order chi connectivity index (χ0) is 24.5. The fraction of sp³-hybridized carbons (Fsp3) is 0.0625. The molecule has 1 nitrogen and oxygen atoms in total. The zero-order valence-corrected chi connectivity index (χ0v) is 21.4. The van der Waals surface area contributed by atoms with Crippen LogP contribution in [-0.4, -0.2) is 0 Å². The Morgan fingerprint density at radius 1 is 0.571 bits per heavy atom. The molecule has 0 N–H and O–H groups in total. The zero-order valence-electron chi connectivity index (χ0n) is 19.7. The molecule has 0 spiro atoms. The van der Waals surface area contributed by atoms with E-state index in [0.717, 1.165) is 11.7 Å². The number of hydrogen-bond donors (Lipinski definition) is 0.